The van der Waals surface area contributed by atoms with E-state index in [1.165, 1.54) is 12.1 Å². The second-order valence-electron chi connectivity index (χ2n) is 8.16. The van der Waals surface area contributed by atoms with Crippen molar-refractivity contribution < 1.29 is 24.0 Å². The maximum absolute atomic E-state index is 13.1. The molecule has 5 rings (SSSR count). The molecule has 1 fully saturated rings. The number of piperidine rings is 1. The third kappa shape index (κ3) is 3.41. The number of H-pyrrole nitrogens is 1. The highest BCUT2D eigenvalue weighted by Crippen LogP contribution is 2.31. The summed E-state index contributed by atoms with van der Waals surface area (Å²) in [5, 5.41) is 5.90. The molecule has 0 bridgehead atoms. The molecule has 10 heteroatoms. The summed E-state index contributed by atoms with van der Waals surface area (Å²) in [7, 11) is 0. The minimum absolute atomic E-state index is 0.0471. The van der Waals surface area contributed by atoms with Gasteiger partial charge in [-0.3, -0.25) is 34.2 Å². The fraction of sp³-hybridized carbons (Fsp3) is 0.208. The Labute approximate surface area is 202 Å². The van der Waals surface area contributed by atoms with Crippen LogP contribution in [-0.4, -0.2) is 45.5 Å². The van der Waals surface area contributed by atoms with E-state index in [-0.39, 0.29) is 29.9 Å². The van der Waals surface area contributed by atoms with Crippen molar-refractivity contribution in [3.05, 3.63) is 63.3 Å². The molecule has 2 aromatic carbocycles. The summed E-state index contributed by atoms with van der Waals surface area (Å²) in [6, 6.07) is 9.12. The zero-order valence-corrected chi connectivity index (χ0v) is 19.6. The smallest absolute Gasteiger partial charge is 0.272 e. The third-order valence-corrected chi connectivity index (χ3v) is 6.83. The van der Waals surface area contributed by atoms with Crippen molar-refractivity contribution in [1.29, 1.82) is 0 Å². The number of rotatable bonds is 4. The van der Waals surface area contributed by atoms with E-state index in [1.807, 2.05) is 25.1 Å². The molecule has 3 heterocycles. The summed E-state index contributed by atoms with van der Waals surface area (Å²) < 4.78 is 0.842. The second-order valence-corrected chi connectivity index (χ2v) is 9.01. The normalized spacial score (nSPS) is 17.8. The molecule has 0 saturated carbocycles. The van der Waals surface area contributed by atoms with E-state index >= 15 is 0 Å². The molecule has 1 atom stereocenters. The Balaban J connectivity index is 1.43. The summed E-state index contributed by atoms with van der Waals surface area (Å²) >= 11 is 3.50. The van der Waals surface area contributed by atoms with E-state index in [0.29, 0.717) is 17.8 Å². The van der Waals surface area contributed by atoms with Crippen molar-refractivity contribution in [2.75, 3.05) is 5.32 Å². The molecule has 1 saturated heterocycles. The zero-order valence-electron chi connectivity index (χ0n) is 18.0. The van der Waals surface area contributed by atoms with Crippen molar-refractivity contribution in [3.63, 3.8) is 0 Å². The van der Waals surface area contributed by atoms with Gasteiger partial charge >= 0.3 is 0 Å². The number of hydrogen-bond donors (Lipinski definition) is 3. The number of hydrogen-bond acceptors (Lipinski definition) is 5. The molecule has 34 heavy (non-hydrogen) atoms. The Morgan fingerprint density at radius 1 is 1.12 bits per heavy atom. The number of anilines is 1. The number of para-hydroxylation sites is 1. The van der Waals surface area contributed by atoms with E-state index in [2.05, 4.69) is 31.5 Å². The number of benzene rings is 2. The predicted octanol–water partition coefficient (Wildman–Crippen LogP) is 3.15. The van der Waals surface area contributed by atoms with Gasteiger partial charge in [0.05, 0.1) is 16.6 Å². The number of aryl methyl sites for hydroxylation is 1. The molecule has 1 unspecified atom stereocenters. The largest absolute Gasteiger partial charge is 0.349 e. The van der Waals surface area contributed by atoms with Gasteiger partial charge in [0, 0.05) is 22.0 Å². The fourth-order valence-electron chi connectivity index (χ4n) is 4.54. The summed E-state index contributed by atoms with van der Waals surface area (Å²) in [5.74, 6) is -2.70. The molecule has 9 nitrogen and oxygen atoms in total. The molecule has 2 aliphatic heterocycles. The number of aromatic nitrogens is 1. The van der Waals surface area contributed by atoms with Crippen molar-refractivity contribution >= 4 is 62.1 Å². The highest BCUT2D eigenvalue weighted by atomic mass is 79.9. The Bertz CT molecular complexity index is 1430. The number of fused-ring (bicyclic) bond motifs is 2. The van der Waals surface area contributed by atoms with Gasteiger partial charge in [0.1, 0.15) is 11.7 Å². The second kappa shape index (κ2) is 8.21. The molecule has 172 valence electrons. The van der Waals surface area contributed by atoms with E-state index in [1.54, 1.807) is 6.07 Å². The number of nitrogens with zero attached hydrogens (tertiary/aromatic N) is 1. The lowest BCUT2D eigenvalue weighted by Crippen LogP contribution is -2.54. The quantitative estimate of drug-likeness (QED) is 0.453. The van der Waals surface area contributed by atoms with Gasteiger partial charge < -0.3 is 10.3 Å². The lowest BCUT2D eigenvalue weighted by Gasteiger charge is -2.27. The molecule has 0 aliphatic carbocycles. The third-order valence-electron chi connectivity index (χ3n) is 6.17. The van der Waals surface area contributed by atoms with Crippen LogP contribution in [0, 0.1) is 0 Å². The van der Waals surface area contributed by atoms with Gasteiger partial charge in [0.2, 0.25) is 11.8 Å². The lowest BCUT2D eigenvalue weighted by atomic mass is 10.0. The summed E-state index contributed by atoms with van der Waals surface area (Å²) in [5.41, 5.74) is 2.69. The highest BCUT2D eigenvalue weighted by Gasteiger charge is 2.44. The number of halogens is 1. The van der Waals surface area contributed by atoms with Crippen molar-refractivity contribution in [2.45, 2.75) is 32.2 Å². The predicted molar refractivity (Wildman–Crippen MR) is 126 cm³/mol. The Morgan fingerprint density at radius 2 is 1.88 bits per heavy atom. The fourth-order valence-corrected chi connectivity index (χ4v) is 5.01. The first-order chi connectivity index (χ1) is 16.3. The van der Waals surface area contributed by atoms with Crippen molar-refractivity contribution in [3.8, 4) is 0 Å². The minimum atomic E-state index is -1.04. The number of carbonyl (C=O) groups is 5. The van der Waals surface area contributed by atoms with E-state index in [4.69, 9.17) is 0 Å². The van der Waals surface area contributed by atoms with Crippen molar-refractivity contribution in [2.24, 2.45) is 0 Å². The molecule has 0 spiro atoms. The number of aromatic amines is 1. The standard InChI is InChI=1S/C24H19BrN4O5/c1-2-12-13-4-3-5-16(25)19(13)28-20(12)22(32)26-11-6-7-14-15(10-11)24(34)29(23(14)33)17-8-9-18(30)27-21(17)31/h3-7,10,17,28H,2,8-9H2,1H3,(H,26,32)(H,27,30,31). The van der Waals surface area contributed by atoms with Crippen LogP contribution in [0.4, 0.5) is 5.69 Å². The number of nitrogens with one attached hydrogen (secondary N) is 3. The maximum atomic E-state index is 13.1. The van der Waals surface area contributed by atoms with Crippen LogP contribution in [0.5, 0.6) is 0 Å². The lowest BCUT2D eigenvalue weighted by molar-refractivity contribution is -0.136. The van der Waals surface area contributed by atoms with Gasteiger partial charge in [0.15, 0.2) is 0 Å². The van der Waals surface area contributed by atoms with Crippen LogP contribution in [0.25, 0.3) is 10.9 Å². The van der Waals surface area contributed by atoms with Crippen LogP contribution >= 0.6 is 15.9 Å². The van der Waals surface area contributed by atoms with Gasteiger partial charge in [0.25, 0.3) is 17.7 Å². The van der Waals surface area contributed by atoms with Gasteiger partial charge in [-0.2, -0.15) is 0 Å². The average Bonchev–Trinajstić information content (AvgIpc) is 3.30. The summed E-state index contributed by atoms with van der Waals surface area (Å²) in [6.45, 7) is 1.96. The molecule has 3 aromatic rings. The Morgan fingerprint density at radius 3 is 2.62 bits per heavy atom. The zero-order chi connectivity index (χ0) is 24.1. The minimum Gasteiger partial charge on any atom is -0.349 e. The monoisotopic (exact) mass is 522 g/mol. The average molecular weight is 523 g/mol. The van der Waals surface area contributed by atoms with E-state index in [9.17, 15) is 24.0 Å². The first-order valence-electron chi connectivity index (χ1n) is 10.8. The van der Waals surface area contributed by atoms with Gasteiger partial charge in [-0.05, 0) is 58.6 Å². The highest BCUT2D eigenvalue weighted by molar-refractivity contribution is 9.10. The molecule has 2 aliphatic rings. The van der Waals surface area contributed by atoms with Crippen LogP contribution in [0.2, 0.25) is 0 Å². The molecule has 1 aromatic heterocycles. The molecule has 5 amide bonds. The Kier molecular flexibility index (Phi) is 5.32. The first-order valence-corrected chi connectivity index (χ1v) is 11.6. The van der Waals surface area contributed by atoms with E-state index < -0.39 is 29.7 Å². The van der Waals surface area contributed by atoms with Crippen LogP contribution in [0.15, 0.2) is 40.9 Å². The maximum Gasteiger partial charge on any atom is 0.272 e. The van der Waals surface area contributed by atoms with Crippen LogP contribution in [0.1, 0.15) is 56.5 Å². The van der Waals surface area contributed by atoms with Crippen LogP contribution < -0.4 is 10.6 Å². The first kappa shape index (κ1) is 22.0. The molecular formula is C24H19BrN4O5. The van der Waals surface area contributed by atoms with Gasteiger partial charge in [-0.1, -0.05) is 19.1 Å². The van der Waals surface area contributed by atoms with Crippen molar-refractivity contribution in [1.82, 2.24) is 15.2 Å². The topological polar surface area (TPSA) is 128 Å². The summed E-state index contributed by atoms with van der Waals surface area (Å²) in [6.07, 6.45) is 0.762. The SMILES string of the molecule is CCc1c(C(=O)Nc2ccc3c(c2)C(=O)N(C2CCC(=O)NC2=O)C3=O)[nH]c2c(Br)cccc12. The molecular weight excluding hydrogens is 504 g/mol. The van der Waals surface area contributed by atoms with Gasteiger partial charge in [-0.15, -0.1) is 0 Å². The number of imide groups is 2. The number of carbonyl (C=O) groups excluding carboxylic acids is 5. The van der Waals surface area contributed by atoms with Crippen LogP contribution in [-0.2, 0) is 16.0 Å². The van der Waals surface area contributed by atoms with E-state index in [0.717, 1.165) is 25.8 Å². The van der Waals surface area contributed by atoms with Crippen LogP contribution in [0.3, 0.4) is 0 Å². The number of amides is 5. The molecule has 3 N–H and O–H groups in total. The Hall–Kier alpha value is -3.79. The van der Waals surface area contributed by atoms with Gasteiger partial charge in [-0.25, -0.2) is 0 Å². The molecule has 0 radical (unpaired) electrons. The summed E-state index contributed by atoms with van der Waals surface area (Å²) in [4.78, 5) is 66.7.